The Morgan fingerprint density at radius 2 is 1.59 bits per heavy atom. The molecule has 4 N–H and O–H groups in total. The molecule has 0 radical (unpaired) electrons. The summed E-state index contributed by atoms with van der Waals surface area (Å²) in [4.78, 5) is 27.1. The van der Waals surface area contributed by atoms with Crippen LogP contribution in [-0.2, 0) is 27.6 Å². The van der Waals surface area contributed by atoms with Gasteiger partial charge in [-0.2, -0.15) is 0 Å². The fourth-order valence-electron chi connectivity index (χ4n) is 4.78. The van der Waals surface area contributed by atoms with Gasteiger partial charge >= 0.3 is 6.09 Å². The minimum Gasteiger partial charge on any atom is -0.444 e. The Morgan fingerprint density at radius 1 is 0.977 bits per heavy atom. The highest BCUT2D eigenvalue weighted by Crippen LogP contribution is 2.26. The fraction of sp³-hybridized carbons (Fsp3) is 0.412. The Bertz CT molecular complexity index is 1530. The highest BCUT2D eigenvalue weighted by molar-refractivity contribution is 7.89. The first kappa shape index (κ1) is 34.6. The van der Waals surface area contributed by atoms with Gasteiger partial charge in [-0.25, -0.2) is 17.9 Å². The summed E-state index contributed by atoms with van der Waals surface area (Å²) in [6.45, 7) is 10.0. The standard InChI is InChI=1S/C34H45N3O6S/c1-23(2)20-28-21-27(15-18-30(28)32(39)36-44(6,41)42)25-11-9-24(10-12-25)8-7-19-37(33(40)43-34(3,4)5)22-31(38)26-13-16-29(35)17-14-26/h9-18,21,23,31,38H,7-8,19-20,22,35H2,1-6H3,(H,36,39)/t31-/m0/s1. The zero-order valence-electron chi connectivity index (χ0n) is 26.5. The third-order valence-corrected chi connectivity index (χ3v) is 7.36. The van der Waals surface area contributed by atoms with E-state index >= 15 is 0 Å². The summed E-state index contributed by atoms with van der Waals surface area (Å²) in [5.74, 6) is -0.364. The van der Waals surface area contributed by atoms with Crippen LogP contribution in [-0.4, -0.2) is 55.4 Å². The quantitative estimate of drug-likeness (QED) is 0.219. The maximum absolute atomic E-state index is 13.0. The molecular formula is C34H45N3O6S. The number of rotatable bonds is 12. The average Bonchev–Trinajstić information content (AvgIpc) is 2.91. The number of carbonyl (C=O) groups excluding carboxylic acids is 2. The predicted octanol–water partition coefficient (Wildman–Crippen LogP) is 5.73. The van der Waals surface area contributed by atoms with Crippen molar-refractivity contribution in [2.24, 2.45) is 5.92 Å². The van der Waals surface area contributed by atoms with Crippen LogP contribution in [0, 0.1) is 5.92 Å². The first-order valence-electron chi connectivity index (χ1n) is 14.8. The van der Waals surface area contributed by atoms with E-state index in [4.69, 9.17) is 10.5 Å². The van der Waals surface area contributed by atoms with Crippen molar-refractivity contribution in [3.8, 4) is 11.1 Å². The number of ether oxygens (including phenoxy) is 1. The molecule has 0 heterocycles. The van der Waals surface area contributed by atoms with Crippen LogP contribution in [0.5, 0.6) is 0 Å². The topological polar surface area (TPSA) is 139 Å². The number of anilines is 1. The van der Waals surface area contributed by atoms with Gasteiger partial charge in [0.05, 0.1) is 18.9 Å². The number of hydrogen-bond donors (Lipinski definition) is 3. The van der Waals surface area contributed by atoms with Gasteiger partial charge in [-0.3, -0.25) is 4.79 Å². The van der Waals surface area contributed by atoms with Crippen LogP contribution in [0.25, 0.3) is 11.1 Å². The van der Waals surface area contributed by atoms with Crippen LogP contribution in [0.2, 0.25) is 0 Å². The van der Waals surface area contributed by atoms with E-state index in [2.05, 4.69) is 4.72 Å². The molecule has 0 aliphatic heterocycles. The second-order valence-corrected chi connectivity index (χ2v) is 14.3. The molecule has 9 nitrogen and oxygen atoms in total. The lowest BCUT2D eigenvalue weighted by Crippen LogP contribution is -2.40. The van der Waals surface area contributed by atoms with Crippen molar-refractivity contribution in [1.29, 1.82) is 0 Å². The van der Waals surface area contributed by atoms with Crippen molar-refractivity contribution in [3.63, 3.8) is 0 Å². The molecule has 0 fully saturated rings. The van der Waals surface area contributed by atoms with Crippen molar-refractivity contribution in [3.05, 3.63) is 89.0 Å². The number of amides is 2. The van der Waals surface area contributed by atoms with Gasteiger partial charge in [0, 0.05) is 17.8 Å². The molecule has 3 aromatic carbocycles. The van der Waals surface area contributed by atoms with E-state index in [1.54, 1.807) is 35.2 Å². The third-order valence-electron chi connectivity index (χ3n) is 6.80. The molecule has 0 spiro atoms. The molecule has 0 saturated carbocycles. The number of nitrogens with zero attached hydrogens (tertiary/aromatic N) is 1. The van der Waals surface area contributed by atoms with Crippen LogP contribution in [0.3, 0.4) is 0 Å². The van der Waals surface area contributed by atoms with Crippen molar-refractivity contribution in [2.45, 2.75) is 65.6 Å². The minimum absolute atomic E-state index is 0.0919. The summed E-state index contributed by atoms with van der Waals surface area (Å²) in [5.41, 5.74) is 10.5. The van der Waals surface area contributed by atoms with Gasteiger partial charge in [0.2, 0.25) is 10.0 Å². The summed E-state index contributed by atoms with van der Waals surface area (Å²) >= 11 is 0. The number of aliphatic hydroxyl groups excluding tert-OH is 1. The second kappa shape index (κ2) is 14.7. The molecule has 238 valence electrons. The molecule has 2 amide bonds. The Morgan fingerprint density at radius 3 is 2.16 bits per heavy atom. The monoisotopic (exact) mass is 623 g/mol. The zero-order valence-corrected chi connectivity index (χ0v) is 27.3. The first-order chi connectivity index (χ1) is 20.5. The maximum Gasteiger partial charge on any atom is 0.410 e. The maximum atomic E-state index is 13.0. The summed E-state index contributed by atoms with van der Waals surface area (Å²) < 4.78 is 30.9. The average molecular weight is 624 g/mol. The van der Waals surface area contributed by atoms with Crippen LogP contribution < -0.4 is 10.5 Å². The molecule has 3 aromatic rings. The van der Waals surface area contributed by atoms with E-state index in [0.717, 1.165) is 28.5 Å². The number of sulfonamides is 1. The number of nitrogens with one attached hydrogen (secondary N) is 1. The molecule has 0 aliphatic carbocycles. The number of carbonyl (C=O) groups is 2. The molecule has 0 saturated heterocycles. The Labute approximate surface area is 261 Å². The highest BCUT2D eigenvalue weighted by atomic mass is 32.2. The SMILES string of the molecule is CC(C)Cc1cc(-c2ccc(CCCN(C[C@H](O)c3ccc(N)cc3)C(=O)OC(C)(C)C)cc2)ccc1C(=O)NS(C)(=O)=O. The Kier molecular flexibility index (Phi) is 11.6. The lowest BCUT2D eigenvalue weighted by Gasteiger charge is -2.29. The van der Waals surface area contributed by atoms with Crippen LogP contribution >= 0.6 is 0 Å². The summed E-state index contributed by atoms with van der Waals surface area (Å²) in [5, 5.41) is 10.8. The van der Waals surface area contributed by atoms with Crippen LogP contribution in [0.1, 0.15) is 74.2 Å². The summed E-state index contributed by atoms with van der Waals surface area (Å²) in [7, 11) is -3.68. The Hall–Kier alpha value is -3.89. The highest BCUT2D eigenvalue weighted by Gasteiger charge is 2.24. The van der Waals surface area contributed by atoms with Crippen molar-refractivity contribution < 1.29 is 27.9 Å². The molecule has 0 unspecified atom stereocenters. The predicted molar refractivity (Wildman–Crippen MR) is 175 cm³/mol. The smallest absolute Gasteiger partial charge is 0.410 e. The van der Waals surface area contributed by atoms with Crippen molar-refractivity contribution in [1.82, 2.24) is 9.62 Å². The number of aliphatic hydroxyl groups is 1. The van der Waals surface area contributed by atoms with Gasteiger partial charge in [0.15, 0.2) is 0 Å². The van der Waals surface area contributed by atoms with Gasteiger partial charge in [0.1, 0.15) is 5.60 Å². The van der Waals surface area contributed by atoms with Gasteiger partial charge in [-0.15, -0.1) is 0 Å². The van der Waals surface area contributed by atoms with E-state index < -0.39 is 33.7 Å². The molecule has 3 rings (SSSR count). The van der Waals surface area contributed by atoms with Crippen molar-refractivity contribution >= 4 is 27.7 Å². The number of benzene rings is 3. The summed E-state index contributed by atoms with van der Waals surface area (Å²) in [6, 6.07) is 20.4. The van der Waals surface area contributed by atoms with Gasteiger partial charge in [0.25, 0.3) is 5.91 Å². The Balaban J connectivity index is 1.70. The zero-order chi connectivity index (χ0) is 32.7. The van der Waals surface area contributed by atoms with E-state index in [-0.39, 0.29) is 12.5 Å². The molecule has 0 aliphatic rings. The van der Waals surface area contributed by atoms with E-state index in [9.17, 15) is 23.1 Å². The minimum atomic E-state index is -3.68. The van der Waals surface area contributed by atoms with Crippen LogP contribution in [0.4, 0.5) is 10.5 Å². The molecular weight excluding hydrogens is 578 g/mol. The van der Waals surface area contributed by atoms with E-state index in [1.165, 1.54) is 0 Å². The van der Waals surface area contributed by atoms with Crippen LogP contribution in [0.15, 0.2) is 66.7 Å². The summed E-state index contributed by atoms with van der Waals surface area (Å²) in [6.07, 6.45) is 1.60. The number of nitrogen functional groups attached to an aromatic ring is 1. The van der Waals surface area contributed by atoms with E-state index in [0.29, 0.717) is 42.6 Å². The normalized spacial score (nSPS) is 12.5. The van der Waals surface area contributed by atoms with Gasteiger partial charge in [-0.1, -0.05) is 62.4 Å². The van der Waals surface area contributed by atoms with E-state index in [1.807, 2.05) is 71.0 Å². The third kappa shape index (κ3) is 11.0. The molecule has 0 bridgehead atoms. The lowest BCUT2D eigenvalue weighted by atomic mass is 9.93. The first-order valence-corrected chi connectivity index (χ1v) is 16.7. The van der Waals surface area contributed by atoms with Gasteiger partial charge < -0.3 is 20.5 Å². The largest absolute Gasteiger partial charge is 0.444 e. The molecule has 0 aromatic heterocycles. The molecule has 10 heteroatoms. The number of hydrogen-bond acceptors (Lipinski definition) is 7. The number of aryl methyl sites for hydroxylation is 1. The fourth-order valence-corrected chi connectivity index (χ4v) is 5.23. The van der Waals surface area contributed by atoms with Gasteiger partial charge in [-0.05, 0) is 92.0 Å². The lowest BCUT2D eigenvalue weighted by molar-refractivity contribution is 0.0142. The second-order valence-electron chi connectivity index (χ2n) is 12.6. The molecule has 1 atom stereocenters. The molecule has 44 heavy (non-hydrogen) atoms. The number of nitrogens with two attached hydrogens (primary N) is 1. The van der Waals surface area contributed by atoms with Crippen molar-refractivity contribution in [2.75, 3.05) is 25.1 Å².